The van der Waals surface area contributed by atoms with Gasteiger partial charge in [0.1, 0.15) is 5.75 Å². The summed E-state index contributed by atoms with van der Waals surface area (Å²) in [6.45, 7) is 2.40. The van der Waals surface area contributed by atoms with Crippen LogP contribution in [0, 0.1) is 0 Å². The predicted molar refractivity (Wildman–Crippen MR) is 41.4 cm³/mol. The van der Waals surface area contributed by atoms with Crippen LogP contribution in [0.3, 0.4) is 0 Å². The van der Waals surface area contributed by atoms with Gasteiger partial charge >= 0.3 is 0 Å². The molecule has 1 atom stereocenters. The average Bonchev–Trinajstić information content (AvgIpc) is 2.06. The number of hydrogen-bond acceptors (Lipinski definition) is 2. The Morgan fingerprint density at radius 1 is 1.36 bits per heavy atom. The van der Waals surface area contributed by atoms with E-state index in [-0.39, 0.29) is 6.10 Å². The second-order valence-electron chi connectivity index (χ2n) is 2.61. The normalized spacial score (nSPS) is 22.1. The first-order chi connectivity index (χ1) is 5.38. The summed E-state index contributed by atoms with van der Waals surface area (Å²) in [5, 5.41) is 0. The molecule has 0 radical (unpaired) electrons. The number of benzene rings is 1. The Balaban J connectivity index is 2.44. The van der Waals surface area contributed by atoms with Crippen molar-refractivity contribution in [2.75, 3.05) is 6.79 Å². The molecule has 2 nitrogen and oxygen atoms in total. The monoisotopic (exact) mass is 150 g/mol. The van der Waals surface area contributed by atoms with Crippen LogP contribution in [0.2, 0.25) is 0 Å². The zero-order valence-corrected chi connectivity index (χ0v) is 6.41. The summed E-state index contributed by atoms with van der Waals surface area (Å²) < 4.78 is 10.6. The Morgan fingerprint density at radius 3 is 3.00 bits per heavy atom. The van der Waals surface area contributed by atoms with E-state index in [9.17, 15) is 0 Å². The van der Waals surface area contributed by atoms with E-state index < -0.39 is 0 Å². The SMILES string of the molecule is C[C@@H]1OCOc2ccccc21. The molecule has 0 bridgehead atoms. The van der Waals surface area contributed by atoms with Gasteiger partial charge in [0.05, 0.1) is 6.10 Å². The van der Waals surface area contributed by atoms with Crippen LogP contribution in [0.25, 0.3) is 0 Å². The Morgan fingerprint density at radius 2 is 2.18 bits per heavy atom. The first-order valence-corrected chi connectivity index (χ1v) is 3.71. The lowest BCUT2D eigenvalue weighted by molar-refractivity contribution is -0.0512. The van der Waals surface area contributed by atoms with Crippen LogP contribution >= 0.6 is 0 Å². The van der Waals surface area contributed by atoms with Crippen LogP contribution < -0.4 is 4.74 Å². The fourth-order valence-electron chi connectivity index (χ4n) is 1.24. The quantitative estimate of drug-likeness (QED) is 0.564. The topological polar surface area (TPSA) is 18.5 Å². The van der Waals surface area contributed by atoms with Crippen molar-refractivity contribution in [1.82, 2.24) is 0 Å². The van der Waals surface area contributed by atoms with Gasteiger partial charge in [-0.2, -0.15) is 0 Å². The molecule has 0 aromatic heterocycles. The molecule has 1 aromatic carbocycles. The fourth-order valence-corrected chi connectivity index (χ4v) is 1.24. The summed E-state index contributed by atoms with van der Waals surface area (Å²) in [6.07, 6.45) is 0.167. The van der Waals surface area contributed by atoms with Gasteiger partial charge in [0, 0.05) is 5.56 Å². The molecule has 1 aliphatic heterocycles. The maximum absolute atomic E-state index is 5.28. The van der Waals surface area contributed by atoms with Crippen LogP contribution in [0.5, 0.6) is 5.75 Å². The Kier molecular flexibility index (Phi) is 1.55. The third kappa shape index (κ3) is 1.10. The second-order valence-corrected chi connectivity index (χ2v) is 2.61. The van der Waals surface area contributed by atoms with Gasteiger partial charge in [-0.05, 0) is 13.0 Å². The first kappa shape index (κ1) is 6.68. The zero-order chi connectivity index (χ0) is 7.68. The minimum atomic E-state index is 0.167. The summed E-state index contributed by atoms with van der Waals surface area (Å²) in [4.78, 5) is 0. The van der Waals surface area contributed by atoms with Crippen molar-refractivity contribution < 1.29 is 9.47 Å². The lowest BCUT2D eigenvalue weighted by Crippen LogP contribution is -2.14. The molecule has 0 unspecified atom stereocenters. The van der Waals surface area contributed by atoms with Crippen molar-refractivity contribution >= 4 is 0 Å². The molecule has 2 rings (SSSR count). The lowest BCUT2D eigenvalue weighted by atomic mass is 10.1. The maximum Gasteiger partial charge on any atom is 0.189 e. The van der Waals surface area contributed by atoms with Gasteiger partial charge in [0.25, 0.3) is 0 Å². The minimum absolute atomic E-state index is 0.167. The molecule has 0 fully saturated rings. The van der Waals surface area contributed by atoms with Crippen molar-refractivity contribution in [2.45, 2.75) is 13.0 Å². The number of hydrogen-bond donors (Lipinski definition) is 0. The summed E-state index contributed by atoms with van der Waals surface area (Å²) in [6, 6.07) is 7.96. The number of fused-ring (bicyclic) bond motifs is 1. The predicted octanol–water partition coefficient (Wildman–Crippen LogP) is 2.11. The van der Waals surface area contributed by atoms with Crippen LogP contribution in [-0.4, -0.2) is 6.79 Å². The Hall–Kier alpha value is -1.02. The number of rotatable bonds is 0. The van der Waals surface area contributed by atoms with Crippen LogP contribution in [0.15, 0.2) is 24.3 Å². The van der Waals surface area contributed by atoms with E-state index >= 15 is 0 Å². The van der Waals surface area contributed by atoms with Gasteiger partial charge < -0.3 is 9.47 Å². The van der Waals surface area contributed by atoms with Crippen molar-refractivity contribution in [3.05, 3.63) is 29.8 Å². The third-order valence-electron chi connectivity index (χ3n) is 1.89. The highest BCUT2D eigenvalue weighted by atomic mass is 16.7. The number of para-hydroxylation sites is 1. The first-order valence-electron chi connectivity index (χ1n) is 3.71. The average molecular weight is 150 g/mol. The molecule has 58 valence electrons. The highest BCUT2D eigenvalue weighted by Gasteiger charge is 2.15. The summed E-state index contributed by atoms with van der Waals surface area (Å²) in [5.41, 5.74) is 1.14. The van der Waals surface area contributed by atoms with Crippen molar-refractivity contribution in [2.24, 2.45) is 0 Å². The Bertz CT molecular complexity index is 257. The number of ether oxygens (including phenoxy) is 2. The molecule has 11 heavy (non-hydrogen) atoms. The Labute approximate surface area is 65.7 Å². The fraction of sp³-hybridized carbons (Fsp3) is 0.333. The van der Waals surface area contributed by atoms with Gasteiger partial charge in [0.2, 0.25) is 0 Å². The molecular weight excluding hydrogens is 140 g/mol. The van der Waals surface area contributed by atoms with Crippen molar-refractivity contribution in [3.8, 4) is 5.75 Å². The molecule has 1 aromatic rings. The molecule has 0 N–H and O–H groups in total. The highest BCUT2D eigenvalue weighted by Crippen LogP contribution is 2.30. The molecule has 0 saturated carbocycles. The molecule has 2 heteroatoms. The molecule has 0 spiro atoms. The van der Waals surface area contributed by atoms with Gasteiger partial charge in [-0.1, -0.05) is 18.2 Å². The van der Waals surface area contributed by atoms with E-state index in [2.05, 4.69) is 0 Å². The van der Waals surface area contributed by atoms with E-state index in [0.717, 1.165) is 11.3 Å². The van der Waals surface area contributed by atoms with Crippen LogP contribution in [0.1, 0.15) is 18.6 Å². The molecule has 1 aliphatic rings. The molecule has 0 saturated heterocycles. The highest BCUT2D eigenvalue weighted by molar-refractivity contribution is 5.35. The minimum Gasteiger partial charge on any atom is -0.467 e. The lowest BCUT2D eigenvalue weighted by Gasteiger charge is -2.22. The van der Waals surface area contributed by atoms with Gasteiger partial charge in [-0.3, -0.25) is 0 Å². The zero-order valence-electron chi connectivity index (χ0n) is 6.41. The standard InChI is InChI=1S/C9H10O2/c1-7-8-4-2-3-5-9(8)11-6-10-7/h2-5,7H,6H2,1H3/t7-/m0/s1. The third-order valence-corrected chi connectivity index (χ3v) is 1.89. The summed E-state index contributed by atoms with van der Waals surface area (Å²) in [7, 11) is 0. The molecule has 1 heterocycles. The van der Waals surface area contributed by atoms with Crippen molar-refractivity contribution in [3.63, 3.8) is 0 Å². The van der Waals surface area contributed by atoms with E-state index in [1.807, 2.05) is 31.2 Å². The maximum atomic E-state index is 5.28. The molecule has 0 aliphatic carbocycles. The van der Waals surface area contributed by atoms with E-state index in [1.54, 1.807) is 0 Å². The van der Waals surface area contributed by atoms with E-state index in [1.165, 1.54) is 0 Å². The van der Waals surface area contributed by atoms with Gasteiger partial charge in [0.15, 0.2) is 6.79 Å². The second kappa shape index (κ2) is 2.55. The van der Waals surface area contributed by atoms with Gasteiger partial charge in [-0.15, -0.1) is 0 Å². The summed E-state index contributed by atoms with van der Waals surface area (Å²) >= 11 is 0. The van der Waals surface area contributed by atoms with E-state index in [0.29, 0.717) is 6.79 Å². The smallest absolute Gasteiger partial charge is 0.189 e. The molecular formula is C9H10O2. The molecule has 0 amide bonds. The van der Waals surface area contributed by atoms with Crippen LogP contribution in [-0.2, 0) is 4.74 Å². The van der Waals surface area contributed by atoms with Crippen molar-refractivity contribution in [1.29, 1.82) is 0 Å². The largest absolute Gasteiger partial charge is 0.467 e. The van der Waals surface area contributed by atoms with Gasteiger partial charge in [-0.25, -0.2) is 0 Å². The summed E-state index contributed by atoms with van der Waals surface area (Å²) in [5.74, 6) is 0.950. The van der Waals surface area contributed by atoms with E-state index in [4.69, 9.17) is 9.47 Å². The van der Waals surface area contributed by atoms with Crippen LogP contribution in [0.4, 0.5) is 0 Å².